The van der Waals surface area contributed by atoms with Crippen LogP contribution in [0.1, 0.15) is 45.4 Å². The number of rotatable bonds is 4. The van der Waals surface area contributed by atoms with Crippen LogP contribution >= 0.6 is 0 Å². The zero-order valence-electron chi connectivity index (χ0n) is 9.76. The van der Waals surface area contributed by atoms with Gasteiger partial charge in [0.25, 0.3) is 0 Å². The molecule has 0 unspecified atom stereocenters. The Morgan fingerprint density at radius 3 is 2.60 bits per heavy atom. The van der Waals surface area contributed by atoms with Crippen molar-refractivity contribution in [2.45, 2.75) is 45.4 Å². The van der Waals surface area contributed by atoms with E-state index in [9.17, 15) is 0 Å². The number of hydrogen-bond donors (Lipinski definition) is 2. The number of nitrogens with two attached hydrogens (primary N) is 1. The average Bonchev–Trinajstić information content (AvgIpc) is 2.09. The molecule has 0 amide bonds. The molecule has 0 aromatic rings. The highest BCUT2D eigenvalue weighted by atomic mass is 15.1. The molecular formula is C12H23N3. The molecule has 86 valence electrons. The molecule has 2 saturated carbocycles. The molecule has 3 N–H and O–H groups in total. The minimum Gasteiger partial charge on any atom is -0.370 e. The van der Waals surface area contributed by atoms with Crippen molar-refractivity contribution in [1.82, 2.24) is 5.32 Å². The largest absolute Gasteiger partial charge is 0.370 e. The van der Waals surface area contributed by atoms with Gasteiger partial charge in [-0.05, 0) is 37.0 Å². The molecule has 0 radical (unpaired) electrons. The molecule has 3 nitrogen and oxygen atoms in total. The van der Waals surface area contributed by atoms with Crippen LogP contribution in [0.4, 0.5) is 0 Å². The van der Waals surface area contributed by atoms with Gasteiger partial charge >= 0.3 is 0 Å². The van der Waals surface area contributed by atoms with Gasteiger partial charge in [-0.25, -0.2) is 0 Å². The van der Waals surface area contributed by atoms with Crippen LogP contribution < -0.4 is 11.1 Å². The molecule has 0 saturated heterocycles. The van der Waals surface area contributed by atoms with E-state index in [-0.39, 0.29) is 0 Å². The predicted molar refractivity (Wildman–Crippen MR) is 63.8 cm³/mol. The van der Waals surface area contributed by atoms with Crippen molar-refractivity contribution in [3.05, 3.63) is 0 Å². The van der Waals surface area contributed by atoms with Gasteiger partial charge in [0.1, 0.15) is 0 Å². The van der Waals surface area contributed by atoms with E-state index >= 15 is 0 Å². The Hall–Kier alpha value is -0.730. The zero-order chi connectivity index (χ0) is 10.7. The molecule has 0 aliphatic heterocycles. The molecule has 15 heavy (non-hydrogen) atoms. The first-order chi connectivity index (χ1) is 7.18. The van der Waals surface area contributed by atoms with Crippen LogP contribution in [-0.2, 0) is 0 Å². The fourth-order valence-electron chi connectivity index (χ4n) is 2.22. The molecule has 0 spiro atoms. The fraction of sp³-hybridized carbons (Fsp3) is 0.917. The van der Waals surface area contributed by atoms with Crippen molar-refractivity contribution in [3.63, 3.8) is 0 Å². The summed E-state index contributed by atoms with van der Waals surface area (Å²) in [7, 11) is 0. The van der Waals surface area contributed by atoms with Crippen LogP contribution in [0.3, 0.4) is 0 Å². The smallest absolute Gasteiger partial charge is 0.188 e. The third kappa shape index (κ3) is 2.86. The highest BCUT2D eigenvalue weighted by Gasteiger charge is 2.31. The summed E-state index contributed by atoms with van der Waals surface area (Å²) in [6.07, 6.45) is 8.09. The summed E-state index contributed by atoms with van der Waals surface area (Å²) in [5, 5.41) is 3.23. The Labute approximate surface area is 92.5 Å². The van der Waals surface area contributed by atoms with E-state index in [0.29, 0.717) is 11.4 Å². The number of guanidine groups is 1. The lowest BCUT2D eigenvalue weighted by Crippen LogP contribution is -2.38. The Morgan fingerprint density at radius 2 is 2.13 bits per heavy atom. The molecule has 3 heteroatoms. The maximum Gasteiger partial charge on any atom is 0.188 e. The minimum atomic E-state index is 0.447. The van der Waals surface area contributed by atoms with Crippen molar-refractivity contribution in [1.29, 1.82) is 0 Å². The summed E-state index contributed by atoms with van der Waals surface area (Å²) in [5.74, 6) is 1.49. The fourth-order valence-corrected chi connectivity index (χ4v) is 2.22. The zero-order valence-corrected chi connectivity index (χ0v) is 9.76. The van der Waals surface area contributed by atoms with Crippen LogP contribution in [0, 0.1) is 11.3 Å². The van der Waals surface area contributed by atoms with Crippen LogP contribution in [0.15, 0.2) is 4.99 Å². The first kappa shape index (κ1) is 10.8. The number of nitrogens with zero attached hydrogens (tertiary/aromatic N) is 1. The molecule has 0 atom stereocenters. The molecule has 2 fully saturated rings. The van der Waals surface area contributed by atoms with Crippen LogP contribution in [-0.4, -0.2) is 19.0 Å². The van der Waals surface area contributed by atoms with Crippen molar-refractivity contribution in [3.8, 4) is 0 Å². The van der Waals surface area contributed by atoms with Crippen LogP contribution in [0.5, 0.6) is 0 Å². The van der Waals surface area contributed by atoms with Crippen molar-refractivity contribution in [2.24, 2.45) is 22.1 Å². The lowest BCUT2D eigenvalue weighted by atomic mass is 9.71. The first-order valence-corrected chi connectivity index (χ1v) is 6.22. The molecule has 2 aliphatic rings. The second-order valence-electron chi connectivity index (χ2n) is 5.54. The van der Waals surface area contributed by atoms with Gasteiger partial charge in [-0.1, -0.05) is 19.8 Å². The highest BCUT2D eigenvalue weighted by Crippen LogP contribution is 2.40. The van der Waals surface area contributed by atoms with Crippen molar-refractivity contribution in [2.75, 3.05) is 13.1 Å². The highest BCUT2D eigenvalue weighted by molar-refractivity contribution is 5.77. The van der Waals surface area contributed by atoms with Crippen molar-refractivity contribution >= 4 is 5.96 Å². The number of aliphatic imine (C=N–C) groups is 1. The number of hydrogen-bond acceptors (Lipinski definition) is 1. The SMILES string of the molecule is CC1(CN=C(N)NCC2CCC2)CCC1. The second kappa shape index (κ2) is 4.42. The summed E-state index contributed by atoms with van der Waals surface area (Å²) in [6.45, 7) is 4.22. The molecular weight excluding hydrogens is 186 g/mol. The summed E-state index contributed by atoms with van der Waals surface area (Å²) in [6, 6.07) is 0. The summed E-state index contributed by atoms with van der Waals surface area (Å²) in [4.78, 5) is 4.43. The average molecular weight is 209 g/mol. The first-order valence-electron chi connectivity index (χ1n) is 6.22. The Kier molecular flexibility index (Phi) is 3.17. The Bertz CT molecular complexity index is 239. The maximum absolute atomic E-state index is 5.83. The van der Waals surface area contributed by atoms with E-state index in [1.165, 1.54) is 38.5 Å². The monoisotopic (exact) mass is 209 g/mol. The summed E-state index contributed by atoms with van der Waals surface area (Å²) < 4.78 is 0. The molecule has 2 aliphatic carbocycles. The molecule has 2 rings (SSSR count). The third-order valence-electron chi connectivity index (χ3n) is 3.99. The van der Waals surface area contributed by atoms with E-state index in [4.69, 9.17) is 5.73 Å². The lowest BCUT2D eigenvalue weighted by molar-refractivity contribution is 0.173. The summed E-state index contributed by atoms with van der Waals surface area (Å²) >= 11 is 0. The van der Waals surface area contributed by atoms with Gasteiger partial charge in [0.2, 0.25) is 0 Å². The van der Waals surface area contributed by atoms with E-state index in [0.717, 1.165) is 19.0 Å². The normalized spacial score (nSPS) is 25.5. The van der Waals surface area contributed by atoms with Gasteiger partial charge in [-0.2, -0.15) is 0 Å². The molecule has 0 bridgehead atoms. The van der Waals surface area contributed by atoms with Crippen LogP contribution in [0.2, 0.25) is 0 Å². The van der Waals surface area contributed by atoms with E-state index < -0.39 is 0 Å². The third-order valence-corrected chi connectivity index (χ3v) is 3.99. The molecule has 0 heterocycles. The summed E-state index contributed by atoms with van der Waals surface area (Å²) in [5.41, 5.74) is 6.27. The molecule has 0 aromatic carbocycles. The van der Waals surface area contributed by atoms with Crippen LogP contribution in [0.25, 0.3) is 0 Å². The quantitative estimate of drug-likeness (QED) is 0.548. The Morgan fingerprint density at radius 1 is 1.40 bits per heavy atom. The number of nitrogens with one attached hydrogen (secondary N) is 1. The van der Waals surface area contributed by atoms with E-state index in [1.54, 1.807) is 0 Å². The van der Waals surface area contributed by atoms with Gasteiger partial charge < -0.3 is 11.1 Å². The lowest BCUT2D eigenvalue weighted by Gasteiger charge is -2.36. The van der Waals surface area contributed by atoms with Gasteiger partial charge in [-0.15, -0.1) is 0 Å². The Balaban J connectivity index is 1.65. The van der Waals surface area contributed by atoms with Crippen molar-refractivity contribution < 1.29 is 0 Å². The van der Waals surface area contributed by atoms with Gasteiger partial charge in [0.15, 0.2) is 5.96 Å². The predicted octanol–water partition coefficient (Wildman–Crippen LogP) is 1.88. The van der Waals surface area contributed by atoms with Gasteiger partial charge in [-0.3, -0.25) is 4.99 Å². The maximum atomic E-state index is 5.83. The molecule has 0 aromatic heterocycles. The van der Waals surface area contributed by atoms with E-state index in [1.807, 2.05) is 0 Å². The van der Waals surface area contributed by atoms with Gasteiger partial charge in [0.05, 0.1) is 0 Å². The van der Waals surface area contributed by atoms with E-state index in [2.05, 4.69) is 17.2 Å². The second-order valence-corrected chi connectivity index (χ2v) is 5.54. The van der Waals surface area contributed by atoms with Gasteiger partial charge in [0, 0.05) is 13.1 Å². The standard InChI is InChI=1S/C12H23N3/c1-12(6-3-7-12)9-15-11(13)14-8-10-4-2-5-10/h10H,2-9H2,1H3,(H3,13,14,15). The topological polar surface area (TPSA) is 50.4 Å². The minimum absolute atomic E-state index is 0.447.